The number of nitrogens with zero attached hydrogens (tertiary/aromatic N) is 3. The third-order valence-electron chi connectivity index (χ3n) is 4.18. The molecule has 0 aliphatic rings. The van der Waals surface area contributed by atoms with E-state index in [1.807, 2.05) is 0 Å². The van der Waals surface area contributed by atoms with Crippen LogP contribution in [0.15, 0.2) is 65.8 Å². The molecule has 0 atom stereocenters. The van der Waals surface area contributed by atoms with Crippen LogP contribution in [-0.2, 0) is 19.6 Å². The van der Waals surface area contributed by atoms with Gasteiger partial charge >= 0.3 is 5.97 Å². The van der Waals surface area contributed by atoms with E-state index >= 15 is 0 Å². The second-order valence-electron chi connectivity index (χ2n) is 6.55. The van der Waals surface area contributed by atoms with E-state index in [0.29, 0.717) is 0 Å². The number of amides is 1. The maximum absolute atomic E-state index is 12.3. The summed E-state index contributed by atoms with van der Waals surface area (Å²) in [4.78, 5) is 24.2. The number of esters is 1. The fourth-order valence-corrected chi connectivity index (χ4v) is 3.95. The number of nitrogens with one attached hydrogen (secondary N) is 1. The monoisotopic (exact) mass is 462 g/mol. The van der Waals surface area contributed by atoms with Gasteiger partial charge in [0, 0.05) is 32.2 Å². The van der Waals surface area contributed by atoms with Crippen LogP contribution in [0.25, 0.3) is 5.69 Å². The smallest absolute Gasteiger partial charge is 0.338 e. The fourth-order valence-electron chi connectivity index (χ4n) is 2.56. The Kier molecular flexibility index (Phi) is 6.74. The molecule has 11 heteroatoms. The molecular weight excluding hydrogens is 444 g/mol. The molecule has 1 N–H and O–H groups in total. The summed E-state index contributed by atoms with van der Waals surface area (Å²) >= 11 is 5.98. The van der Waals surface area contributed by atoms with Crippen LogP contribution in [0.4, 0.5) is 5.69 Å². The summed E-state index contributed by atoms with van der Waals surface area (Å²) in [5.41, 5.74) is 1.24. The first-order valence-corrected chi connectivity index (χ1v) is 10.8. The topological polar surface area (TPSA) is 111 Å². The number of hydrogen-bond donors (Lipinski definition) is 1. The number of ether oxygens (including phenoxy) is 1. The lowest BCUT2D eigenvalue weighted by molar-refractivity contribution is -0.119. The Morgan fingerprint density at radius 2 is 1.87 bits per heavy atom. The molecule has 1 aromatic heterocycles. The number of aromatic nitrogens is 2. The van der Waals surface area contributed by atoms with Gasteiger partial charge in [0.2, 0.25) is 10.0 Å². The Balaban J connectivity index is 1.61. The molecular formula is C20H19ClN4O5S. The number of hydrogen-bond acceptors (Lipinski definition) is 6. The van der Waals surface area contributed by atoms with Crippen molar-refractivity contribution in [1.82, 2.24) is 14.1 Å². The lowest BCUT2D eigenvalue weighted by Gasteiger charge is -2.14. The van der Waals surface area contributed by atoms with Crippen LogP contribution >= 0.6 is 11.6 Å². The predicted octanol–water partition coefficient (Wildman–Crippen LogP) is 2.57. The molecule has 0 bridgehead atoms. The van der Waals surface area contributed by atoms with E-state index in [2.05, 4.69) is 10.4 Å². The van der Waals surface area contributed by atoms with Crippen molar-refractivity contribution in [1.29, 1.82) is 0 Å². The molecule has 162 valence electrons. The highest BCUT2D eigenvalue weighted by molar-refractivity contribution is 7.89. The van der Waals surface area contributed by atoms with Gasteiger partial charge in [-0.25, -0.2) is 22.2 Å². The van der Waals surface area contributed by atoms with Crippen molar-refractivity contribution < 1.29 is 22.7 Å². The van der Waals surface area contributed by atoms with Crippen molar-refractivity contribution >= 4 is 39.2 Å². The van der Waals surface area contributed by atoms with Crippen molar-refractivity contribution in [3.05, 3.63) is 71.5 Å². The van der Waals surface area contributed by atoms with Gasteiger partial charge in [-0.2, -0.15) is 5.10 Å². The first-order chi connectivity index (χ1) is 14.7. The molecule has 0 radical (unpaired) electrons. The summed E-state index contributed by atoms with van der Waals surface area (Å²) in [6.45, 7) is -0.544. The van der Waals surface area contributed by atoms with Crippen LogP contribution in [0.1, 0.15) is 10.4 Å². The van der Waals surface area contributed by atoms with Gasteiger partial charge in [-0.1, -0.05) is 11.6 Å². The highest BCUT2D eigenvalue weighted by Gasteiger charge is 2.21. The van der Waals surface area contributed by atoms with E-state index in [9.17, 15) is 18.0 Å². The van der Waals surface area contributed by atoms with E-state index in [4.69, 9.17) is 16.3 Å². The minimum Gasteiger partial charge on any atom is -0.452 e. The van der Waals surface area contributed by atoms with E-state index in [-0.39, 0.29) is 21.2 Å². The van der Waals surface area contributed by atoms with Gasteiger partial charge in [0.1, 0.15) is 4.90 Å². The van der Waals surface area contributed by atoms with Gasteiger partial charge < -0.3 is 10.1 Å². The van der Waals surface area contributed by atoms with Gasteiger partial charge in [-0.3, -0.25) is 4.79 Å². The van der Waals surface area contributed by atoms with Gasteiger partial charge in [0.05, 0.1) is 16.3 Å². The summed E-state index contributed by atoms with van der Waals surface area (Å²) in [5, 5.41) is 6.61. The molecule has 0 fully saturated rings. The minimum atomic E-state index is -3.79. The van der Waals surface area contributed by atoms with E-state index < -0.39 is 28.5 Å². The number of halogens is 1. The zero-order chi connectivity index (χ0) is 22.6. The van der Waals surface area contributed by atoms with E-state index in [0.717, 1.165) is 9.99 Å². The quantitative estimate of drug-likeness (QED) is 0.540. The number of carbonyl (C=O) groups is 2. The van der Waals surface area contributed by atoms with Gasteiger partial charge in [-0.05, 0) is 48.5 Å². The van der Waals surface area contributed by atoms with E-state index in [1.54, 1.807) is 47.4 Å². The van der Waals surface area contributed by atoms with Gasteiger partial charge in [-0.15, -0.1) is 0 Å². The van der Waals surface area contributed by atoms with Gasteiger partial charge in [0.25, 0.3) is 5.91 Å². The number of anilines is 1. The largest absolute Gasteiger partial charge is 0.452 e. The summed E-state index contributed by atoms with van der Waals surface area (Å²) in [6, 6.07) is 12.4. The predicted molar refractivity (Wildman–Crippen MR) is 115 cm³/mol. The second kappa shape index (κ2) is 9.29. The maximum Gasteiger partial charge on any atom is 0.338 e. The Bertz CT molecular complexity index is 1190. The second-order valence-corrected chi connectivity index (χ2v) is 9.08. The standard InChI is InChI=1S/C20H19ClN4O5S/c1-24(2)31(28,29)18-12-15(6-9-17(18)21)23-19(26)13-30-20(27)14-4-7-16(8-5-14)25-11-3-10-22-25/h3-12H,13H2,1-2H3,(H,23,26). The lowest BCUT2D eigenvalue weighted by Crippen LogP contribution is -2.23. The third kappa shape index (κ3) is 5.29. The number of benzene rings is 2. The molecule has 3 rings (SSSR count). The molecule has 0 saturated heterocycles. The van der Waals surface area contributed by atoms with Crippen molar-refractivity contribution in [3.8, 4) is 5.69 Å². The number of carbonyl (C=O) groups excluding carboxylic acids is 2. The van der Waals surface area contributed by atoms with Crippen LogP contribution in [0.2, 0.25) is 5.02 Å². The van der Waals surface area contributed by atoms with Crippen LogP contribution in [0, 0.1) is 0 Å². The summed E-state index contributed by atoms with van der Waals surface area (Å²) in [7, 11) is -1.04. The molecule has 9 nitrogen and oxygen atoms in total. The molecule has 3 aromatic rings. The lowest BCUT2D eigenvalue weighted by atomic mass is 10.2. The number of sulfonamides is 1. The Labute approximate surface area is 184 Å². The fraction of sp³-hybridized carbons (Fsp3) is 0.150. The molecule has 31 heavy (non-hydrogen) atoms. The van der Waals surface area contributed by atoms with Crippen molar-refractivity contribution in [2.24, 2.45) is 0 Å². The molecule has 1 amide bonds. The molecule has 0 saturated carbocycles. The first kappa shape index (κ1) is 22.5. The first-order valence-electron chi connectivity index (χ1n) is 8.97. The van der Waals surface area contributed by atoms with Crippen LogP contribution < -0.4 is 5.32 Å². The molecule has 2 aromatic carbocycles. The van der Waals surface area contributed by atoms with Crippen LogP contribution in [-0.4, -0.2) is 55.1 Å². The zero-order valence-corrected chi connectivity index (χ0v) is 18.2. The van der Waals surface area contributed by atoms with Crippen LogP contribution in [0.3, 0.4) is 0 Å². The highest BCUT2D eigenvalue weighted by Crippen LogP contribution is 2.26. The van der Waals surface area contributed by atoms with Gasteiger partial charge in [0.15, 0.2) is 6.61 Å². The molecule has 0 aliphatic heterocycles. The molecule has 0 unspecified atom stereocenters. The highest BCUT2D eigenvalue weighted by atomic mass is 35.5. The third-order valence-corrected chi connectivity index (χ3v) is 6.48. The SMILES string of the molecule is CN(C)S(=O)(=O)c1cc(NC(=O)COC(=O)c2ccc(-n3cccn3)cc2)ccc1Cl. The summed E-state index contributed by atoms with van der Waals surface area (Å²) in [6.07, 6.45) is 3.41. The molecule has 0 spiro atoms. The normalized spacial score (nSPS) is 11.4. The Morgan fingerprint density at radius 1 is 1.16 bits per heavy atom. The number of rotatable bonds is 7. The average Bonchev–Trinajstić information content (AvgIpc) is 3.28. The Morgan fingerprint density at radius 3 is 2.48 bits per heavy atom. The van der Waals surface area contributed by atoms with E-state index in [1.165, 1.54) is 32.3 Å². The minimum absolute atomic E-state index is 0.0247. The summed E-state index contributed by atoms with van der Waals surface area (Å²) in [5.74, 6) is -1.30. The molecule has 0 aliphatic carbocycles. The van der Waals surface area contributed by atoms with Crippen molar-refractivity contribution in [3.63, 3.8) is 0 Å². The van der Waals surface area contributed by atoms with Crippen LogP contribution in [0.5, 0.6) is 0 Å². The van der Waals surface area contributed by atoms with Crippen molar-refractivity contribution in [2.45, 2.75) is 4.90 Å². The van der Waals surface area contributed by atoms with Crippen molar-refractivity contribution in [2.75, 3.05) is 26.0 Å². The zero-order valence-electron chi connectivity index (χ0n) is 16.6. The maximum atomic E-state index is 12.3. The average molecular weight is 463 g/mol. The molecule has 1 heterocycles. The Hall–Kier alpha value is -3.21. The summed E-state index contributed by atoms with van der Waals surface area (Å²) < 4.78 is 32.3.